The van der Waals surface area contributed by atoms with E-state index in [0.717, 1.165) is 43.1 Å². The summed E-state index contributed by atoms with van der Waals surface area (Å²) >= 11 is 7.98. The van der Waals surface area contributed by atoms with Crippen LogP contribution in [0.15, 0.2) is 35.5 Å². The molecule has 0 bridgehead atoms. The largest absolute Gasteiger partial charge is 0.353 e. The van der Waals surface area contributed by atoms with Crippen molar-refractivity contribution >= 4 is 29.2 Å². The number of hydrogen-bond donors (Lipinski definition) is 1. The van der Waals surface area contributed by atoms with Crippen molar-refractivity contribution in [3.63, 3.8) is 0 Å². The van der Waals surface area contributed by atoms with Crippen LogP contribution in [0.3, 0.4) is 0 Å². The molecule has 0 amide bonds. The van der Waals surface area contributed by atoms with Crippen LogP contribution in [0.1, 0.15) is 0 Å². The smallest absolute Gasteiger partial charge is 0.190 e. The van der Waals surface area contributed by atoms with Gasteiger partial charge in [-0.25, -0.2) is 9.97 Å². The summed E-state index contributed by atoms with van der Waals surface area (Å²) in [5.41, 5.74) is 1.99. The average Bonchev–Trinajstić information content (AvgIpc) is 2.55. The number of nitrogens with one attached hydrogen (secondary N) is 1. The van der Waals surface area contributed by atoms with Crippen LogP contribution >= 0.6 is 23.4 Å². The van der Waals surface area contributed by atoms with Gasteiger partial charge >= 0.3 is 0 Å². The van der Waals surface area contributed by atoms with Crippen LogP contribution in [0.25, 0.3) is 11.1 Å². The molecule has 0 spiro atoms. The molecule has 2 heterocycles. The highest BCUT2D eigenvalue weighted by molar-refractivity contribution is 7.98. The second-order valence-corrected chi connectivity index (χ2v) is 5.93. The lowest BCUT2D eigenvalue weighted by atomic mass is 10.1. The number of rotatable bonds is 3. The molecule has 0 radical (unpaired) electrons. The standard InChI is InChI=1S/C15H17ClN4S/c1-21-15-18-13(16)12(11-5-3-2-4-6-11)14(19-15)20-9-7-17-8-10-20/h2-6,17H,7-10H2,1H3. The zero-order valence-corrected chi connectivity index (χ0v) is 13.4. The number of halogens is 1. The first-order chi connectivity index (χ1) is 10.3. The van der Waals surface area contributed by atoms with E-state index in [9.17, 15) is 0 Å². The van der Waals surface area contributed by atoms with E-state index in [2.05, 4.69) is 27.3 Å². The minimum Gasteiger partial charge on any atom is -0.353 e. The topological polar surface area (TPSA) is 41.1 Å². The van der Waals surface area contributed by atoms with Gasteiger partial charge in [0.1, 0.15) is 11.0 Å². The zero-order chi connectivity index (χ0) is 14.7. The van der Waals surface area contributed by atoms with E-state index in [0.29, 0.717) is 10.3 Å². The van der Waals surface area contributed by atoms with E-state index < -0.39 is 0 Å². The van der Waals surface area contributed by atoms with Crippen LogP contribution in [0.4, 0.5) is 5.82 Å². The number of thioether (sulfide) groups is 1. The number of hydrogen-bond acceptors (Lipinski definition) is 5. The van der Waals surface area contributed by atoms with Crippen LogP contribution in [0, 0.1) is 0 Å². The molecule has 4 nitrogen and oxygen atoms in total. The number of nitrogens with zero attached hydrogens (tertiary/aromatic N) is 3. The summed E-state index contributed by atoms with van der Waals surface area (Å²) in [6.07, 6.45) is 1.97. The maximum atomic E-state index is 6.46. The van der Waals surface area contributed by atoms with Crippen molar-refractivity contribution in [1.29, 1.82) is 0 Å². The zero-order valence-electron chi connectivity index (χ0n) is 11.8. The normalized spacial score (nSPS) is 15.2. The third-order valence-corrected chi connectivity index (χ3v) is 4.31. The molecule has 0 aliphatic carbocycles. The summed E-state index contributed by atoms with van der Waals surface area (Å²) in [5.74, 6) is 0.937. The molecule has 6 heteroatoms. The average molecular weight is 321 g/mol. The molecule has 2 aromatic rings. The second-order valence-electron chi connectivity index (χ2n) is 4.80. The van der Waals surface area contributed by atoms with Crippen molar-refractivity contribution in [3.05, 3.63) is 35.5 Å². The van der Waals surface area contributed by atoms with Crippen LogP contribution in [0.2, 0.25) is 5.15 Å². The Labute approximate surface area is 133 Å². The van der Waals surface area contributed by atoms with Crippen molar-refractivity contribution in [2.24, 2.45) is 0 Å². The molecule has 0 saturated carbocycles. The molecule has 1 fully saturated rings. The number of aromatic nitrogens is 2. The molecule has 0 atom stereocenters. The number of piperazine rings is 1. The van der Waals surface area contributed by atoms with Gasteiger partial charge in [0, 0.05) is 26.2 Å². The molecule has 1 N–H and O–H groups in total. The van der Waals surface area contributed by atoms with Crippen molar-refractivity contribution in [3.8, 4) is 11.1 Å². The van der Waals surface area contributed by atoms with Gasteiger partial charge in [-0.15, -0.1) is 0 Å². The lowest BCUT2D eigenvalue weighted by molar-refractivity contribution is 0.583. The molecule has 1 aliphatic heterocycles. The van der Waals surface area contributed by atoms with Crippen molar-refractivity contribution in [1.82, 2.24) is 15.3 Å². The van der Waals surface area contributed by atoms with Gasteiger partial charge in [0.25, 0.3) is 0 Å². The Hall–Kier alpha value is -1.30. The molecule has 1 aromatic heterocycles. The summed E-state index contributed by atoms with van der Waals surface area (Å²) in [6, 6.07) is 10.1. The second kappa shape index (κ2) is 6.64. The molecule has 0 unspecified atom stereocenters. The van der Waals surface area contributed by atoms with E-state index >= 15 is 0 Å². The predicted molar refractivity (Wildman–Crippen MR) is 89.3 cm³/mol. The maximum Gasteiger partial charge on any atom is 0.190 e. The molecule has 1 aliphatic rings. The molecule has 21 heavy (non-hydrogen) atoms. The summed E-state index contributed by atoms with van der Waals surface area (Å²) < 4.78 is 0. The van der Waals surface area contributed by atoms with E-state index in [-0.39, 0.29) is 0 Å². The fourth-order valence-electron chi connectivity index (χ4n) is 2.45. The predicted octanol–water partition coefficient (Wildman–Crippen LogP) is 2.93. The van der Waals surface area contributed by atoms with E-state index in [1.807, 2.05) is 24.5 Å². The Kier molecular flexibility index (Phi) is 4.63. The van der Waals surface area contributed by atoms with Gasteiger partial charge in [0.15, 0.2) is 5.16 Å². The summed E-state index contributed by atoms with van der Waals surface area (Å²) in [5, 5.41) is 4.60. The van der Waals surface area contributed by atoms with Crippen LogP contribution in [-0.2, 0) is 0 Å². The highest BCUT2D eigenvalue weighted by Crippen LogP contribution is 2.36. The van der Waals surface area contributed by atoms with Crippen molar-refractivity contribution in [2.45, 2.75) is 5.16 Å². The quantitative estimate of drug-likeness (QED) is 0.535. The SMILES string of the molecule is CSc1nc(Cl)c(-c2ccccc2)c(N2CCNCC2)n1. The van der Waals surface area contributed by atoms with Gasteiger partial charge in [-0.2, -0.15) is 0 Å². The first-order valence-corrected chi connectivity index (χ1v) is 8.52. The van der Waals surface area contributed by atoms with Crippen molar-refractivity contribution in [2.75, 3.05) is 37.3 Å². The Morgan fingerprint density at radius 2 is 1.86 bits per heavy atom. The van der Waals surface area contributed by atoms with Crippen molar-refractivity contribution < 1.29 is 0 Å². The molecule has 1 aromatic carbocycles. The lowest BCUT2D eigenvalue weighted by Gasteiger charge is -2.30. The van der Waals surface area contributed by atoms with Crippen LogP contribution in [0.5, 0.6) is 0 Å². The van der Waals surface area contributed by atoms with Crippen LogP contribution < -0.4 is 10.2 Å². The lowest BCUT2D eigenvalue weighted by Crippen LogP contribution is -2.44. The summed E-state index contributed by atoms with van der Waals surface area (Å²) in [4.78, 5) is 11.4. The third kappa shape index (κ3) is 3.15. The number of benzene rings is 1. The maximum absolute atomic E-state index is 6.46. The molecular weight excluding hydrogens is 304 g/mol. The fraction of sp³-hybridized carbons (Fsp3) is 0.333. The molecule has 1 saturated heterocycles. The Morgan fingerprint density at radius 1 is 1.14 bits per heavy atom. The highest BCUT2D eigenvalue weighted by Gasteiger charge is 2.21. The Balaban J connectivity index is 2.12. The fourth-order valence-corrected chi connectivity index (χ4v) is 3.14. The monoisotopic (exact) mass is 320 g/mol. The van der Waals surface area contributed by atoms with Crippen LogP contribution in [-0.4, -0.2) is 42.4 Å². The van der Waals surface area contributed by atoms with Gasteiger partial charge in [0.05, 0.1) is 5.56 Å². The van der Waals surface area contributed by atoms with Gasteiger partial charge < -0.3 is 10.2 Å². The summed E-state index contributed by atoms with van der Waals surface area (Å²) in [7, 11) is 0. The van der Waals surface area contributed by atoms with Gasteiger partial charge in [-0.3, -0.25) is 0 Å². The molecule has 3 rings (SSSR count). The van der Waals surface area contributed by atoms with Gasteiger partial charge in [-0.05, 0) is 11.8 Å². The van der Waals surface area contributed by atoms with E-state index in [1.165, 1.54) is 11.8 Å². The minimum atomic E-state index is 0.522. The highest BCUT2D eigenvalue weighted by atomic mass is 35.5. The molecule has 110 valence electrons. The minimum absolute atomic E-state index is 0.522. The van der Waals surface area contributed by atoms with Gasteiger partial charge in [-0.1, -0.05) is 53.7 Å². The third-order valence-electron chi connectivity index (χ3n) is 3.49. The first kappa shape index (κ1) is 14.6. The van der Waals surface area contributed by atoms with E-state index in [4.69, 9.17) is 16.6 Å². The number of anilines is 1. The molecular formula is C15H17ClN4S. The van der Waals surface area contributed by atoms with Gasteiger partial charge in [0.2, 0.25) is 0 Å². The Morgan fingerprint density at radius 3 is 2.52 bits per heavy atom. The van der Waals surface area contributed by atoms with E-state index in [1.54, 1.807) is 0 Å². The Bertz CT molecular complexity index is 615. The first-order valence-electron chi connectivity index (χ1n) is 6.92. The summed E-state index contributed by atoms with van der Waals surface area (Å²) in [6.45, 7) is 3.79.